The second-order valence-electron chi connectivity index (χ2n) is 3.32. The number of methoxy groups -OCH3 is 1. The molecule has 0 unspecified atom stereocenters. The molecule has 0 heterocycles. The molecule has 0 aromatic heterocycles. The zero-order valence-electron chi connectivity index (χ0n) is 9.75. The summed E-state index contributed by atoms with van der Waals surface area (Å²) in [4.78, 5) is 0. The fourth-order valence-corrected chi connectivity index (χ4v) is 2.00. The predicted octanol–water partition coefficient (Wildman–Crippen LogP) is 3.39. The molecule has 0 aliphatic carbocycles. The minimum atomic E-state index is -0.244. The van der Waals surface area contributed by atoms with Crippen molar-refractivity contribution in [3.05, 3.63) is 24.0 Å². The Morgan fingerprint density at radius 1 is 1.44 bits per heavy atom. The first-order chi connectivity index (χ1) is 7.77. The third-order valence-corrected chi connectivity index (χ3v) is 3.13. The van der Waals surface area contributed by atoms with Crippen LogP contribution in [-0.2, 0) is 0 Å². The van der Waals surface area contributed by atoms with Crippen molar-refractivity contribution in [2.75, 3.05) is 30.5 Å². The maximum absolute atomic E-state index is 13.0. The average molecular weight is 243 g/mol. The van der Waals surface area contributed by atoms with Crippen molar-refractivity contribution in [2.45, 2.75) is 13.3 Å². The van der Waals surface area contributed by atoms with Crippen LogP contribution >= 0.6 is 11.8 Å². The van der Waals surface area contributed by atoms with Gasteiger partial charge in [-0.05, 0) is 30.1 Å². The van der Waals surface area contributed by atoms with E-state index in [1.165, 1.54) is 12.1 Å². The van der Waals surface area contributed by atoms with Gasteiger partial charge in [0.2, 0.25) is 0 Å². The molecule has 0 saturated carbocycles. The molecule has 1 N–H and O–H groups in total. The number of benzene rings is 1. The Kier molecular flexibility index (Phi) is 6.08. The molecular weight excluding hydrogens is 225 g/mol. The fraction of sp³-hybridized carbons (Fsp3) is 0.500. The van der Waals surface area contributed by atoms with Crippen LogP contribution in [0.1, 0.15) is 13.3 Å². The summed E-state index contributed by atoms with van der Waals surface area (Å²) in [6, 6.07) is 4.50. The summed E-state index contributed by atoms with van der Waals surface area (Å²) >= 11 is 1.91. The van der Waals surface area contributed by atoms with E-state index in [1.54, 1.807) is 13.2 Å². The van der Waals surface area contributed by atoms with Crippen molar-refractivity contribution in [3.63, 3.8) is 0 Å². The summed E-state index contributed by atoms with van der Waals surface area (Å²) in [5.41, 5.74) is 0.726. The van der Waals surface area contributed by atoms with Crippen molar-refractivity contribution in [1.29, 1.82) is 0 Å². The summed E-state index contributed by atoms with van der Waals surface area (Å²) < 4.78 is 18.2. The molecule has 1 rings (SSSR count). The van der Waals surface area contributed by atoms with E-state index in [4.69, 9.17) is 4.74 Å². The summed E-state index contributed by atoms with van der Waals surface area (Å²) in [6.45, 7) is 2.99. The summed E-state index contributed by atoms with van der Waals surface area (Å²) in [5.74, 6) is 2.71. The van der Waals surface area contributed by atoms with E-state index < -0.39 is 0 Å². The van der Waals surface area contributed by atoms with Crippen LogP contribution in [0, 0.1) is 5.82 Å². The van der Waals surface area contributed by atoms with Crippen molar-refractivity contribution in [3.8, 4) is 5.75 Å². The first kappa shape index (κ1) is 13.2. The highest BCUT2D eigenvalue weighted by atomic mass is 32.2. The Morgan fingerprint density at radius 3 is 2.94 bits per heavy atom. The molecule has 0 amide bonds. The highest BCUT2D eigenvalue weighted by Gasteiger charge is 2.03. The first-order valence-corrected chi connectivity index (χ1v) is 6.58. The molecule has 2 nitrogen and oxygen atoms in total. The quantitative estimate of drug-likeness (QED) is 0.742. The maximum Gasteiger partial charge on any atom is 0.142 e. The Balaban J connectivity index is 2.42. The number of halogens is 1. The van der Waals surface area contributed by atoms with Gasteiger partial charge in [-0.2, -0.15) is 11.8 Å². The Labute approximate surface area is 101 Å². The maximum atomic E-state index is 13.0. The van der Waals surface area contributed by atoms with Crippen LogP contribution in [0.3, 0.4) is 0 Å². The number of ether oxygens (including phenoxy) is 1. The van der Waals surface area contributed by atoms with Gasteiger partial charge in [0.1, 0.15) is 11.6 Å². The SMILES string of the molecule is CCSCCCNc1cc(F)ccc1OC. The van der Waals surface area contributed by atoms with Crippen LogP contribution < -0.4 is 10.1 Å². The molecule has 0 fully saturated rings. The zero-order chi connectivity index (χ0) is 11.8. The number of nitrogens with one attached hydrogen (secondary N) is 1. The topological polar surface area (TPSA) is 21.3 Å². The molecule has 90 valence electrons. The normalized spacial score (nSPS) is 10.2. The van der Waals surface area contributed by atoms with Gasteiger partial charge < -0.3 is 10.1 Å². The second-order valence-corrected chi connectivity index (χ2v) is 4.72. The van der Waals surface area contributed by atoms with Gasteiger partial charge >= 0.3 is 0 Å². The van der Waals surface area contributed by atoms with E-state index in [1.807, 2.05) is 11.8 Å². The first-order valence-electron chi connectivity index (χ1n) is 5.43. The van der Waals surface area contributed by atoms with Crippen LogP contribution in [0.4, 0.5) is 10.1 Å². The highest BCUT2D eigenvalue weighted by molar-refractivity contribution is 7.99. The van der Waals surface area contributed by atoms with Gasteiger partial charge in [-0.1, -0.05) is 6.92 Å². The van der Waals surface area contributed by atoms with E-state index >= 15 is 0 Å². The van der Waals surface area contributed by atoms with E-state index in [2.05, 4.69) is 12.2 Å². The number of rotatable bonds is 7. The Hall–Kier alpha value is -0.900. The molecule has 16 heavy (non-hydrogen) atoms. The van der Waals surface area contributed by atoms with Crippen molar-refractivity contribution < 1.29 is 9.13 Å². The van der Waals surface area contributed by atoms with Crippen LogP contribution in [0.2, 0.25) is 0 Å². The molecule has 0 atom stereocenters. The van der Waals surface area contributed by atoms with E-state index in [9.17, 15) is 4.39 Å². The molecule has 4 heteroatoms. The van der Waals surface area contributed by atoms with E-state index in [0.29, 0.717) is 5.75 Å². The lowest BCUT2D eigenvalue weighted by Gasteiger charge is -2.10. The van der Waals surface area contributed by atoms with Gasteiger partial charge in [-0.25, -0.2) is 4.39 Å². The second kappa shape index (κ2) is 7.39. The fourth-order valence-electron chi connectivity index (χ4n) is 1.36. The van der Waals surface area contributed by atoms with E-state index in [-0.39, 0.29) is 5.82 Å². The van der Waals surface area contributed by atoms with Crippen molar-refractivity contribution in [1.82, 2.24) is 0 Å². The summed E-state index contributed by atoms with van der Waals surface area (Å²) in [6.07, 6.45) is 1.07. The monoisotopic (exact) mass is 243 g/mol. The lowest BCUT2D eigenvalue weighted by Crippen LogP contribution is -2.04. The van der Waals surface area contributed by atoms with Gasteiger partial charge in [0.25, 0.3) is 0 Å². The van der Waals surface area contributed by atoms with Crippen LogP contribution in [0.15, 0.2) is 18.2 Å². The molecule has 0 saturated heterocycles. The number of hydrogen-bond acceptors (Lipinski definition) is 3. The molecule has 0 aliphatic rings. The predicted molar refractivity (Wildman–Crippen MR) is 69.1 cm³/mol. The standard InChI is InChI=1S/C12H18FNOS/c1-3-16-8-4-7-14-11-9-10(13)5-6-12(11)15-2/h5-6,9,14H,3-4,7-8H2,1-2H3. The molecule has 1 aromatic carbocycles. The van der Waals surface area contributed by atoms with Crippen LogP contribution in [-0.4, -0.2) is 25.2 Å². The van der Waals surface area contributed by atoms with Crippen molar-refractivity contribution >= 4 is 17.4 Å². The Morgan fingerprint density at radius 2 is 2.25 bits per heavy atom. The van der Waals surface area contributed by atoms with Gasteiger partial charge in [-0.15, -0.1) is 0 Å². The largest absolute Gasteiger partial charge is 0.495 e. The molecule has 0 bridgehead atoms. The molecule has 1 aromatic rings. The van der Waals surface area contributed by atoms with E-state index in [0.717, 1.165) is 30.2 Å². The number of thioether (sulfide) groups is 1. The zero-order valence-corrected chi connectivity index (χ0v) is 10.6. The third-order valence-electron chi connectivity index (χ3n) is 2.15. The molecular formula is C12H18FNOS. The molecule has 0 aliphatic heterocycles. The minimum absolute atomic E-state index is 0.244. The number of hydrogen-bond donors (Lipinski definition) is 1. The lowest BCUT2D eigenvalue weighted by molar-refractivity contribution is 0.415. The van der Waals surface area contributed by atoms with Crippen LogP contribution in [0.25, 0.3) is 0 Å². The lowest BCUT2D eigenvalue weighted by atomic mass is 10.2. The molecule has 0 spiro atoms. The number of anilines is 1. The van der Waals surface area contributed by atoms with Gasteiger partial charge in [0.15, 0.2) is 0 Å². The van der Waals surface area contributed by atoms with Crippen molar-refractivity contribution in [2.24, 2.45) is 0 Å². The van der Waals surface area contributed by atoms with Gasteiger partial charge in [0, 0.05) is 12.6 Å². The third kappa shape index (κ3) is 4.31. The summed E-state index contributed by atoms with van der Waals surface area (Å²) in [5, 5.41) is 3.19. The average Bonchev–Trinajstić information content (AvgIpc) is 2.29. The van der Waals surface area contributed by atoms with Crippen LogP contribution in [0.5, 0.6) is 5.75 Å². The Bertz CT molecular complexity index is 320. The minimum Gasteiger partial charge on any atom is -0.495 e. The smallest absolute Gasteiger partial charge is 0.142 e. The molecule has 0 radical (unpaired) electrons. The summed E-state index contributed by atoms with van der Waals surface area (Å²) in [7, 11) is 1.59. The van der Waals surface area contributed by atoms with Gasteiger partial charge in [0.05, 0.1) is 12.8 Å². The van der Waals surface area contributed by atoms with Gasteiger partial charge in [-0.3, -0.25) is 0 Å². The highest BCUT2D eigenvalue weighted by Crippen LogP contribution is 2.24.